The number of aromatic nitrogens is 1. The van der Waals surface area contributed by atoms with E-state index in [1.54, 1.807) is 0 Å². The summed E-state index contributed by atoms with van der Waals surface area (Å²) in [7, 11) is 0. The van der Waals surface area contributed by atoms with Crippen LogP contribution < -0.4 is 10.6 Å². The summed E-state index contributed by atoms with van der Waals surface area (Å²) >= 11 is 0. The van der Waals surface area contributed by atoms with Gasteiger partial charge >= 0.3 is 0 Å². The Bertz CT molecular complexity index is 1780. The summed E-state index contributed by atoms with van der Waals surface area (Å²) in [5.41, 5.74) is 4.10. The molecule has 4 atom stereocenters. The van der Waals surface area contributed by atoms with Crippen molar-refractivity contribution in [2.75, 3.05) is 5.32 Å². The number of carbonyl (C=O) groups excluding carboxylic acids is 2. The highest BCUT2D eigenvalue weighted by molar-refractivity contribution is 6.16. The lowest BCUT2D eigenvalue weighted by Crippen LogP contribution is -2.59. The number of aryl methyl sites for hydroxylation is 1. The number of fused-ring (bicyclic) bond motifs is 6. The molecule has 1 fully saturated rings. The second-order valence-electron chi connectivity index (χ2n) is 11.0. The topological polar surface area (TPSA) is 74.0 Å². The normalized spacial score (nSPS) is 27.2. The Hall–Kier alpha value is -4.48. The van der Waals surface area contributed by atoms with Crippen LogP contribution in [0, 0.1) is 5.41 Å². The minimum Gasteiger partial charge on any atom is -0.352 e. The van der Waals surface area contributed by atoms with Crippen LogP contribution in [-0.4, -0.2) is 16.7 Å². The zero-order valence-electron chi connectivity index (χ0n) is 21.3. The van der Waals surface area contributed by atoms with Gasteiger partial charge in [-0.05, 0) is 41.7 Å². The maximum Gasteiger partial charge on any atom is 0.250 e. The molecule has 2 spiro atoms. The monoisotopic (exact) mass is 509 g/mol. The molecule has 3 heterocycles. The summed E-state index contributed by atoms with van der Waals surface area (Å²) in [6.45, 7) is 0. The van der Waals surface area contributed by atoms with Crippen LogP contribution in [0.5, 0.6) is 0 Å². The van der Waals surface area contributed by atoms with Gasteiger partial charge in [-0.3, -0.25) is 14.9 Å². The molecule has 1 aliphatic carbocycles. The van der Waals surface area contributed by atoms with Crippen LogP contribution in [0.1, 0.15) is 51.1 Å². The van der Waals surface area contributed by atoms with E-state index < -0.39 is 11.0 Å². The molecule has 5 heteroatoms. The molecule has 4 aromatic carbocycles. The molecule has 8 rings (SSSR count). The largest absolute Gasteiger partial charge is 0.352 e. The summed E-state index contributed by atoms with van der Waals surface area (Å²) in [6, 6.07) is 36.2. The second-order valence-corrected chi connectivity index (χ2v) is 11.0. The van der Waals surface area contributed by atoms with Gasteiger partial charge in [-0.2, -0.15) is 0 Å². The Balaban J connectivity index is 1.46. The molecule has 39 heavy (non-hydrogen) atoms. The standard InChI is InChI=1S/C34H27N3O2/c38-31-30-24(23-15-7-9-17-26(23)35-30)19-20-33(31)28(21-11-3-1-4-12-21)29(22-13-5-2-6-14-22)37-34(33)25-16-8-10-18-27(25)36-32(34)39/h1-18,28-29,35,37H,19-20H2,(H,36,39)/t28-,29+,33+,34-/m0/s1. The van der Waals surface area contributed by atoms with E-state index in [9.17, 15) is 4.79 Å². The number of H-pyrrole nitrogens is 1. The predicted molar refractivity (Wildman–Crippen MR) is 152 cm³/mol. The highest BCUT2D eigenvalue weighted by Crippen LogP contribution is 2.67. The third-order valence-electron chi connectivity index (χ3n) is 9.36. The fraction of sp³-hybridized carbons (Fsp3) is 0.176. The maximum absolute atomic E-state index is 15.2. The van der Waals surface area contributed by atoms with Gasteiger partial charge in [-0.15, -0.1) is 0 Å². The lowest BCUT2D eigenvalue weighted by molar-refractivity contribution is -0.125. The molecule has 0 radical (unpaired) electrons. The van der Waals surface area contributed by atoms with Crippen molar-refractivity contribution in [2.45, 2.75) is 30.3 Å². The van der Waals surface area contributed by atoms with Crippen molar-refractivity contribution in [3.05, 3.63) is 137 Å². The van der Waals surface area contributed by atoms with Gasteiger partial charge in [0.2, 0.25) is 5.91 Å². The van der Waals surface area contributed by atoms with Gasteiger partial charge in [0, 0.05) is 34.1 Å². The summed E-state index contributed by atoms with van der Waals surface area (Å²) in [5.74, 6) is -0.423. The molecule has 0 bridgehead atoms. The van der Waals surface area contributed by atoms with Crippen LogP contribution >= 0.6 is 0 Å². The van der Waals surface area contributed by atoms with Crippen molar-refractivity contribution in [1.29, 1.82) is 0 Å². The lowest BCUT2D eigenvalue weighted by atomic mass is 9.53. The Morgan fingerprint density at radius 1 is 0.718 bits per heavy atom. The Morgan fingerprint density at radius 3 is 2.18 bits per heavy atom. The van der Waals surface area contributed by atoms with Crippen LogP contribution in [0.3, 0.4) is 0 Å². The summed E-state index contributed by atoms with van der Waals surface area (Å²) in [5, 5.41) is 8.08. The summed E-state index contributed by atoms with van der Waals surface area (Å²) < 4.78 is 0. The molecular weight excluding hydrogens is 482 g/mol. The van der Waals surface area contributed by atoms with Crippen molar-refractivity contribution in [3.63, 3.8) is 0 Å². The van der Waals surface area contributed by atoms with E-state index in [0.717, 1.165) is 38.8 Å². The Kier molecular flexibility index (Phi) is 4.62. The smallest absolute Gasteiger partial charge is 0.250 e. The first-order chi connectivity index (χ1) is 19.1. The minimum atomic E-state index is -1.23. The zero-order chi connectivity index (χ0) is 26.2. The summed E-state index contributed by atoms with van der Waals surface area (Å²) in [4.78, 5) is 33.1. The van der Waals surface area contributed by atoms with Crippen molar-refractivity contribution < 1.29 is 9.59 Å². The zero-order valence-corrected chi connectivity index (χ0v) is 21.3. The highest BCUT2D eigenvalue weighted by atomic mass is 16.2. The lowest BCUT2D eigenvalue weighted by Gasteiger charge is -2.46. The number of nitrogens with one attached hydrogen (secondary N) is 3. The van der Waals surface area contributed by atoms with Gasteiger partial charge in [0.05, 0.1) is 11.1 Å². The average molecular weight is 510 g/mol. The molecule has 3 aliphatic rings. The van der Waals surface area contributed by atoms with Crippen molar-refractivity contribution >= 4 is 28.3 Å². The quantitative estimate of drug-likeness (QED) is 0.263. The van der Waals surface area contributed by atoms with E-state index in [4.69, 9.17) is 0 Å². The van der Waals surface area contributed by atoms with Crippen molar-refractivity contribution in [2.24, 2.45) is 5.41 Å². The van der Waals surface area contributed by atoms with E-state index in [2.05, 4.69) is 45.9 Å². The van der Waals surface area contributed by atoms with Gasteiger partial charge in [-0.1, -0.05) is 97.1 Å². The fourth-order valence-electron chi connectivity index (χ4n) is 7.85. The molecule has 0 saturated carbocycles. The van der Waals surface area contributed by atoms with Gasteiger partial charge < -0.3 is 10.3 Å². The number of amides is 1. The molecule has 190 valence electrons. The number of aromatic amines is 1. The van der Waals surface area contributed by atoms with Gasteiger partial charge in [0.1, 0.15) is 5.54 Å². The molecule has 1 amide bonds. The van der Waals surface area contributed by atoms with Gasteiger partial charge in [0.15, 0.2) is 5.78 Å². The number of ketones is 1. The van der Waals surface area contributed by atoms with E-state index in [-0.39, 0.29) is 23.7 Å². The fourth-order valence-corrected chi connectivity index (χ4v) is 7.85. The first-order valence-corrected chi connectivity index (χ1v) is 13.6. The molecule has 1 aromatic heterocycles. The third kappa shape index (κ3) is 2.78. The third-order valence-corrected chi connectivity index (χ3v) is 9.36. The number of hydrogen-bond acceptors (Lipinski definition) is 3. The number of hydrogen-bond donors (Lipinski definition) is 3. The highest BCUT2D eigenvalue weighted by Gasteiger charge is 2.74. The SMILES string of the molecule is O=C1Nc2ccccc2[C@]12N[C@H](c1ccccc1)[C@H](c1ccccc1)[C@@]21CCc2c([nH]c3ccccc23)C1=O. The second kappa shape index (κ2) is 8.01. The van der Waals surface area contributed by atoms with E-state index in [1.807, 2.05) is 78.9 Å². The molecule has 2 aliphatic heterocycles. The number of rotatable bonds is 2. The van der Waals surface area contributed by atoms with E-state index >= 15 is 4.79 Å². The number of benzene rings is 4. The number of Topliss-reactive ketones (excluding diaryl/α,β-unsaturated/α-hetero) is 1. The maximum atomic E-state index is 15.2. The van der Waals surface area contributed by atoms with Crippen LogP contribution in [0.25, 0.3) is 10.9 Å². The van der Waals surface area contributed by atoms with Crippen LogP contribution in [0.2, 0.25) is 0 Å². The van der Waals surface area contributed by atoms with Crippen molar-refractivity contribution in [3.8, 4) is 0 Å². The first-order valence-electron chi connectivity index (χ1n) is 13.6. The van der Waals surface area contributed by atoms with E-state index in [0.29, 0.717) is 18.5 Å². The van der Waals surface area contributed by atoms with Crippen LogP contribution in [-0.2, 0) is 16.8 Å². The molecule has 3 N–H and O–H groups in total. The van der Waals surface area contributed by atoms with Crippen molar-refractivity contribution in [1.82, 2.24) is 10.3 Å². The van der Waals surface area contributed by atoms with Gasteiger partial charge in [-0.25, -0.2) is 0 Å². The minimum absolute atomic E-state index is 0.00610. The van der Waals surface area contributed by atoms with E-state index in [1.165, 1.54) is 0 Å². The Labute approximate surface area is 226 Å². The predicted octanol–water partition coefficient (Wildman–Crippen LogP) is 6.26. The molecule has 0 unspecified atom stereocenters. The number of carbonyl (C=O) groups is 2. The molecule has 1 saturated heterocycles. The number of anilines is 1. The average Bonchev–Trinajstić information content (AvgIpc) is 3.61. The summed E-state index contributed by atoms with van der Waals surface area (Å²) in [6.07, 6.45) is 1.26. The molecule has 5 aromatic rings. The first kappa shape index (κ1) is 22.5. The van der Waals surface area contributed by atoms with Gasteiger partial charge in [0.25, 0.3) is 0 Å². The molecular formula is C34H27N3O2. The van der Waals surface area contributed by atoms with Crippen LogP contribution in [0.4, 0.5) is 5.69 Å². The number of para-hydroxylation sites is 2. The van der Waals surface area contributed by atoms with Crippen LogP contribution in [0.15, 0.2) is 109 Å². The molecule has 5 nitrogen and oxygen atoms in total. The Morgan fingerprint density at radius 2 is 1.38 bits per heavy atom.